The van der Waals surface area contributed by atoms with Crippen molar-refractivity contribution < 1.29 is 18.0 Å². The van der Waals surface area contributed by atoms with Crippen molar-refractivity contribution in [2.45, 2.75) is 11.3 Å². The Balaban J connectivity index is 2.03. The number of H-pyrrole nitrogens is 1. The molecular formula is C13H9BrF3N3O2S. The number of carbonyl (C=O) groups is 1. The first-order valence-corrected chi connectivity index (χ1v) is 7.89. The van der Waals surface area contributed by atoms with Gasteiger partial charge in [0.05, 0.1) is 11.4 Å². The number of amides is 1. The van der Waals surface area contributed by atoms with Crippen LogP contribution in [0.25, 0.3) is 0 Å². The molecule has 0 radical (unpaired) electrons. The first-order chi connectivity index (χ1) is 10.8. The third kappa shape index (κ3) is 5.10. The summed E-state index contributed by atoms with van der Waals surface area (Å²) in [5.74, 6) is -0.645. The highest BCUT2D eigenvalue weighted by Crippen LogP contribution is 2.27. The molecule has 0 atom stereocenters. The maximum absolute atomic E-state index is 12.6. The van der Waals surface area contributed by atoms with Crippen molar-refractivity contribution in [3.63, 3.8) is 0 Å². The molecule has 5 nitrogen and oxygen atoms in total. The third-order valence-electron chi connectivity index (χ3n) is 2.50. The van der Waals surface area contributed by atoms with Crippen molar-refractivity contribution in [3.8, 4) is 0 Å². The molecule has 122 valence electrons. The van der Waals surface area contributed by atoms with Crippen LogP contribution >= 0.6 is 27.7 Å². The predicted octanol–water partition coefficient (Wildman–Crippen LogP) is 3.28. The van der Waals surface area contributed by atoms with E-state index in [4.69, 9.17) is 0 Å². The van der Waals surface area contributed by atoms with E-state index in [-0.39, 0.29) is 10.9 Å². The lowest BCUT2D eigenvalue weighted by Crippen LogP contribution is -2.18. The van der Waals surface area contributed by atoms with Gasteiger partial charge in [-0.25, -0.2) is 4.98 Å². The Kier molecular flexibility index (Phi) is 5.47. The number of benzene rings is 1. The molecule has 2 aromatic rings. The van der Waals surface area contributed by atoms with Crippen molar-refractivity contribution in [2.24, 2.45) is 0 Å². The summed E-state index contributed by atoms with van der Waals surface area (Å²) in [7, 11) is 0. The number of alkyl halides is 3. The van der Waals surface area contributed by atoms with Crippen LogP contribution < -0.4 is 10.9 Å². The number of halogens is 4. The van der Waals surface area contributed by atoms with Gasteiger partial charge in [0.2, 0.25) is 5.91 Å². The van der Waals surface area contributed by atoms with Crippen molar-refractivity contribution in [2.75, 3.05) is 11.1 Å². The lowest BCUT2D eigenvalue weighted by atomic mass is 10.3. The maximum Gasteiger partial charge on any atom is 0.433 e. The predicted molar refractivity (Wildman–Crippen MR) is 83.4 cm³/mol. The lowest BCUT2D eigenvalue weighted by Gasteiger charge is -2.08. The first kappa shape index (κ1) is 17.5. The maximum atomic E-state index is 12.6. The van der Waals surface area contributed by atoms with Gasteiger partial charge in [-0.2, -0.15) is 13.2 Å². The molecule has 2 N–H and O–H groups in total. The highest BCUT2D eigenvalue weighted by Gasteiger charge is 2.33. The van der Waals surface area contributed by atoms with Gasteiger partial charge < -0.3 is 10.3 Å². The van der Waals surface area contributed by atoms with Gasteiger partial charge in [0, 0.05) is 10.5 Å². The van der Waals surface area contributed by atoms with Gasteiger partial charge in [-0.1, -0.05) is 23.9 Å². The second-order valence-electron chi connectivity index (χ2n) is 4.25. The molecule has 0 bridgehead atoms. The minimum atomic E-state index is -4.72. The fraction of sp³-hybridized carbons (Fsp3) is 0.154. The average Bonchev–Trinajstić information content (AvgIpc) is 2.46. The van der Waals surface area contributed by atoms with Crippen LogP contribution in [-0.2, 0) is 11.0 Å². The molecular weight excluding hydrogens is 399 g/mol. The fourth-order valence-electron chi connectivity index (χ4n) is 1.53. The number of aromatic amines is 1. The number of hydrogen-bond acceptors (Lipinski definition) is 4. The molecule has 0 saturated heterocycles. The SMILES string of the molecule is O=C(CSc1nc(C(F)(F)F)cc(=O)[nH]1)Nc1ccccc1Br. The van der Waals surface area contributed by atoms with Gasteiger partial charge >= 0.3 is 6.18 Å². The molecule has 1 amide bonds. The number of nitrogens with zero attached hydrogens (tertiary/aromatic N) is 1. The van der Waals surface area contributed by atoms with Crippen LogP contribution in [0.3, 0.4) is 0 Å². The molecule has 0 fully saturated rings. The van der Waals surface area contributed by atoms with Crippen molar-refractivity contribution in [1.82, 2.24) is 9.97 Å². The van der Waals surface area contributed by atoms with Gasteiger partial charge in [0.1, 0.15) is 0 Å². The molecule has 1 heterocycles. The van der Waals surface area contributed by atoms with Gasteiger partial charge in [0.25, 0.3) is 5.56 Å². The number of carbonyl (C=O) groups excluding carboxylic acids is 1. The van der Waals surface area contributed by atoms with E-state index in [0.29, 0.717) is 28.0 Å². The Labute approximate surface area is 140 Å². The smallest absolute Gasteiger partial charge is 0.324 e. The summed E-state index contributed by atoms with van der Waals surface area (Å²) < 4.78 is 38.4. The monoisotopic (exact) mass is 407 g/mol. The number of aromatic nitrogens is 2. The molecule has 0 aliphatic carbocycles. The minimum Gasteiger partial charge on any atom is -0.324 e. The Morgan fingerprint density at radius 1 is 1.35 bits per heavy atom. The molecule has 0 spiro atoms. The molecule has 2 rings (SSSR count). The van der Waals surface area contributed by atoms with Crippen molar-refractivity contribution in [3.05, 3.63) is 50.9 Å². The molecule has 1 aromatic carbocycles. The van der Waals surface area contributed by atoms with Crippen LogP contribution in [0.5, 0.6) is 0 Å². The summed E-state index contributed by atoms with van der Waals surface area (Å²) in [5.41, 5.74) is -1.69. The standard InChI is InChI=1S/C13H9BrF3N3O2S/c14-7-3-1-2-4-8(7)18-11(22)6-23-12-19-9(13(15,16)17)5-10(21)20-12/h1-5H,6H2,(H,18,22)(H,19,20,21). The van der Waals surface area contributed by atoms with Gasteiger partial charge in [0.15, 0.2) is 10.9 Å². The lowest BCUT2D eigenvalue weighted by molar-refractivity contribution is -0.141. The third-order valence-corrected chi connectivity index (χ3v) is 4.06. The highest BCUT2D eigenvalue weighted by molar-refractivity contribution is 9.10. The summed E-state index contributed by atoms with van der Waals surface area (Å²) in [6.07, 6.45) is -4.72. The van der Waals surface area contributed by atoms with E-state index >= 15 is 0 Å². The summed E-state index contributed by atoms with van der Waals surface area (Å²) >= 11 is 3.96. The van der Waals surface area contributed by atoms with Crippen LogP contribution in [0.2, 0.25) is 0 Å². The second kappa shape index (κ2) is 7.18. The summed E-state index contributed by atoms with van der Waals surface area (Å²) in [5, 5.41) is 2.32. The van der Waals surface area contributed by atoms with E-state index in [0.717, 1.165) is 0 Å². The molecule has 1 aromatic heterocycles. The summed E-state index contributed by atoms with van der Waals surface area (Å²) in [6.45, 7) is 0. The van der Waals surface area contributed by atoms with Crippen LogP contribution in [-0.4, -0.2) is 21.6 Å². The number of nitrogens with one attached hydrogen (secondary N) is 2. The molecule has 23 heavy (non-hydrogen) atoms. The molecule has 0 unspecified atom stereocenters. The zero-order valence-corrected chi connectivity index (χ0v) is 13.7. The van der Waals surface area contributed by atoms with Crippen LogP contribution in [0.4, 0.5) is 18.9 Å². The zero-order valence-electron chi connectivity index (χ0n) is 11.3. The van der Waals surface area contributed by atoms with Crippen molar-refractivity contribution in [1.29, 1.82) is 0 Å². The fourth-order valence-corrected chi connectivity index (χ4v) is 2.59. The van der Waals surface area contributed by atoms with Crippen LogP contribution in [0, 0.1) is 0 Å². The molecule has 0 aliphatic heterocycles. The van der Waals surface area contributed by atoms with E-state index in [1.165, 1.54) is 0 Å². The Bertz CT molecular complexity index is 780. The van der Waals surface area contributed by atoms with Crippen LogP contribution in [0.15, 0.2) is 44.8 Å². The first-order valence-electron chi connectivity index (χ1n) is 6.11. The highest BCUT2D eigenvalue weighted by atomic mass is 79.9. The number of para-hydroxylation sites is 1. The number of thioether (sulfide) groups is 1. The zero-order chi connectivity index (χ0) is 17.0. The second-order valence-corrected chi connectivity index (χ2v) is 6.07. The minimum absolute atomic E-state index is 0.203. The normalized spacial score (nSPS) is 11.3. The van der Waals surface area contributed by atoms with Gasteiger partial charge in [-0.05, 0) is 28.1 Å². The number of anilines is 1. The Hall–Kier alpha value is -1.81. The largest absolute Gasteiger partial charge is 0.433 e. The van der Waals surface area contributed by atoms with E-state index < -0.39 is 23.3 Å². The van der Waals surface area contributed by atoms with E-state index in [1.54, 1.807) is 24.3 Å². The quantitative estimate of drug-likeness (QED) is 0.602. The number of hydrogen-bond donors (Lipinski definition) is 2. The Morgan fingerprint density at radius 2 is 2.04 bits per heavy atom. The van der Waals surface area contributed by atoms with E-state index in [2.05, 4.69) is 31.2 Å². The summed E-state index contributed by atoms with van der Waals surface area (Å²) in [6, 6.07) is 7.25. The molecule has 0 aliphatic rings. The molecule has 0 saturated carbocycles. The van der Waals surface area contributed by atoms with E-state index in [1.807, 2.05) is 0 Å². The number of rotatable bonds is 4. The van der Waals surface area contributed by atoms with Crippen LogP contribution in [0.1, 0.15) is 5.69 Å². The molecule has 10 heteroatoms. The van der Waals surface area contributed by atoms with Gasteiger partial charge in [-0.3, -0.25) is 9.59 Å². The topological polar surface area (TPSA) is 74.8 Å². The Morgan fingerprint density at radius 3 is 2.70 bits per heavy atom. The van der Waals surface area contributed by atoms with Gasteiger partial charge in [-0.15, -0.1) is 0 Å². The van der Waals surface area contributed by atoms with E-state index in [9.17, 15) is 22.8 Å². The van der Waals surface area contributed by atoms with Crippen molar-refractivity contribution >= 4 is 39.3 Å². The average molecular weight is 408 g/mol. The summed E-state index contributed by atoms with van der Waals surface area (Å²) in [4.78, 5) is 28.5.